The van der Waals surface area contributed by atoms with Crippen LogP contribution in [0.1, 0.15) is 34.2 Å². The number of fused-ring (bicyclic) bond motifs is 3. The molecule has 1 aliphatic carbocycles. The molecule has 7 heteroatoms. The summed E-state index contributed by atoms with van der Waals surface area (Å²) < 4.78 is 0. The SMILES string of the molecule is [CH2-]C.[CH2-]c1ccc(NC(=O)c2n[nH]c3c2-c2[nH]ncc2CC3)cc1.[W+2]. The molecule has 1 aliphatic rings. The van der Waals surface area contributed by atoms with Crippen LogP contribution in [0.25, 0.3) is 11.3 Å². The van der Waals surface area contributed by atoms with Gasteiger partial charge in [0, 0.05) is 11.4 Å². The summed E-state index contributed by atoms with van der Waals surface area (Å²) in [5.74, 6) is -0.239. The van der Waals surface area contributed by atoms with Crippen LogP contribution < -0.4 is 5.32 Å². The van der Waals surface area contributed by atoms with Crippen molar-refractivity contribution in [1.82, 2.24) is 20.4 Å². The maximum Gasteiger partial charge on any atom is 2.00 e. The summed E-state index contributed by atoms with van der Waals surface area (Å²) in [6, 6.07) is 7.34. The second-order valence-electron chi connectivity index (χ2n) is 5.35. The third-order valence-electron chi connectivity index (χ3n) is 3.88. The van der Waals surface area contributed by atoms with Gasteiger partial charge in [0.2, 0.25) is 0 Å². The predicted octanol–water partition coefficient (Wildman–Crippen LogP) is 3.17. The number of nitrogens with zero attached hydrogens (tertiary/aromatic N) is 2. The first kappa shape index (κ1) is 19.0. The van der Waals surface area contributed by atoms with E-state index in [1.807, 2.05) is 24.3 Å². The predicted molar refractivity (Wildman–Crippen MR) is 93.5 cm³/mol. The van der Waals surface area contributed by atoms with Crippen LogP contribution in [-0.4, -0.2) is 26.3 Å². The van der Waals surface area contributed by atoms with E-state index in [0.717, 1.165) is 46.6 Å². The van der Waals surface area contributed by atoms with Crippen molar-refractivity contribution in [3.8, 4) is 11.3 Å². The van der Waals surface area contributed by atoms with Crippen molar-refractivity contribution < 1.29 is 25.9 Å². The van der Waals surface area contributed by atoms with Crippen molar-refractivity contribution >= 4 is 11.6 Å². The summed E-state index contributed by atoms with van der Waals surface area (Å²) in [6.07, 6.45) is 3.53. The zero-order valence-electron chi connectivity index (χ0n) is 13.9. The quantitative estimate of drug-likeness (QED) is 0.468. The average Bonchev–Trinajstić information content (AvgIpc) is 3.24. The van der Waals surface area contributed by atoms with Crippen molar-refractivity contribution in [1.29, 1.82) is 0 Å². The molecule has 128 valence electrons. The van der Waals surface area contributed by atoms with Gasteiger partial charge in [-0.25, -0.2) is 0 Å². The fourth-order valence-corrected chi connectivity index (χ4v) is 2.75. The third-order valence-corrected chi connectivity index (χ3v) is 3.88. The van der Waals surface area contributed by atoms with Gasteiger partial charge in [-0.1, -0.05) is 12.1 Å². The van der Waals surface area contributed by atoms with Crippen LogP contribution in [-0.2, 0) is 33.9 Å². The molecule has 1 aromatic carbocycles. The minimum absolute atomic E-state index is 0. The minimum atomic E-state index is -0.239. The van der Waals surface area contributed by atoms with E-state index in [-0.39, 0.29) is 27.0 Å². The summed E-state index contributed by atoms with van der Waals surface area (Å²) >= 11 is 0. The molecular weight excluding hydrogens is 486 g/mol. The van der Waals surface area contributed by atoms with Gasteiger partial charge in [0.25, 0.3) is 5.91 Å². The van der Waals surface area contributed by atoms with Crippen LogP contribution in [0.4, 0.5) is 5.69 Å². The second-order valence-corrected chi connectivity index (χ2v) is 5.35. The molecule has 25 heavy (non-hydrogen) atoms. The molecule has 0 atom stereocenters. The van der Waals surface area contributed by atoms with E-state index in [2.05, 4.69) is 39.6 Å². The zero-order chi connectivity index (χ0) is 17.1. The summed E-state index contributed by atoms with van der Waals surface area (Å²) in [7, 11) is 0. The van der Waals surface area contributed by atoms with Gasteiger partial charge in [-0.05, 0) is 18.4 Å². The summed E-state index contributed by atoms with van der Waals surface area (Å²) in [5.41, 5.74) is 5.79. The van der Waals surface area contributed by atoms with Gasteiger partial charge in [-0.3, -0.25) is 15.0 Å². The average molecular weight is 505 g/mol. The Morgan fingerprint density at radius 2 is 1.88 bits per heavy atom. The summed E-state index contributed by atoms with van der Waals surface area (Å²) in [6.45, 7) is 8.83. The fraction of sp³-hybridized carbons (Fsp3) is 0.167. The molecule has 0 unspecified atom stereocenters. The zero-order valence-corrected chi connectivity index (χ0v) is 16.9. The molecule has 0 radical (unpaired) electrons. The molecule has 2 aromatic heterocycles. The van der Waals surface area contributed by atoms with E-state index in [0.29, 0.717) is 5.69 Å². The summed E-state index contributed by atoms with van der Waals surface area (Å²) in [4.78, 5) is 12.5. The van der Waals surface area contributed by atoms with Crippen LogP contribution >= 0.6 is 0 Å². The minimum Gasteiger partial charge on any atom is -0.346 e. The molecule has 3 aromatic rings. The van der Waals surface area contributed by atoms with E-state index in [4.69, 9.17) is 0 Å². The Morgan fingerprint density at radius 3 is 2.60 bits per heavy atom. The van der Waals surface area contributed by atoms with Crippen molar-refractivity contribution in [2.24, 2.45) is 0 Å². The number of hydrogen-bond donors (Lipinski definition) is 3. The van der Waals surface area contributed by atoms with Crippen molar-refractivity contribution in [3.63, 3.8) is 0 Å². The van der Waals surface area contributed by atoms with Crippen molar-refractivity contribution in [2.75, 3.05) is 5.32 Å². The van der Waals surface area contributed by atoms with Gasteiger partial charge in [-0.2, -0.15) is 41.7 Å². The third kappa shape index (κ3) is 3.69. The molecule has 0 fully saturated rings. The number of aromatic amines is 2. The number of benzene rings is 1. The van der Waals surface area contributed by atoms with E-state index in [1.165, 1.54) is 0 Å². The molecule has 3 N–H and O–H groups in total. The Morgan fingerprint density at radius 1 is 1.16 bits per heavy atom. The van der Waals surface area contributed by atoms with Crippen LogP contribution in [0.5, 0.6) is 0 Å². The van der Waals surface area contributed by atoms with Gasteiger partial charge in [-0.15, -0.1) is 0 Å². The maximum absolute atomic E-state index is 12.5. The van der Waals surface area contributed by atoms with Gasteiger partial charge >= 0.3 is 21.1 Å². The van der Waals surface area contributed by atoms with Gasteiger partial charge in [0.05, 0.1) is 17.5 Å². The number of amides is 1. The molecule has 1 amide bonds. The Kier molecular flexibility index (Phi) is 6.21. The number of aromatic nitrogens is 4. The molecule has 0 bridgehead atoms. The molecule has 0 saturated heterocycles. The Labute approximate surface area is 161 Å². The molecular formula is C18H19N5OW. The number of rotatable bonds is 2. The topological polar surface area (TPSA) is 86.5 Å². The standard InChI is InChI=1S/C16H14N5O.C2H5.W/c1-9-2-5-11(6-3-9)18-16(22)15-13-12(19-21-15)7-4-10-8-17-20-14(10)13;1-2;/h2-3,5-6,8H,1,4,7H2,(H,17,20)(H,18,22)(H,19,21);1H2,2H3;/q2*-1;+2. The molecule has 6 nitrogen and oxygen atoms in total. The van der Waals surface area contributed by atoms with Gasteiger partial charge < -0.3 is 12.2 Å². The number of carbonyl (C=O) groups is 1. The van der Waals surface area contributed by atoms with Gasteiger partial charge in [0.1, 0.15) is 0 Å². The van der Waals surface area contributed by atoms with Crippen molar-refractivity contribution in [2.45, 2.75) is 19.8 Å². The fourth-order valence-electron chi connectivity index (χ4n) is 2.75. The van der Waals surface area contributed by atoms with E-state index >= 15 is 0 Å². The number of carbonyl (C=O) groups excluding carboxylic acids is 1. The summed E-state index contributed by atoms with van der Waals surface area (Å²) in [5, 5.41) is 17.1. The smallest absolute Gasteiger partial charge is 0.346 e. The van der Waals surface area contributed by atoms with E-state index in [1.54, 1.807) is 13.1 Å². The van der Waals surface area contributed by atoms with Crippen LogP contribution in [0.2, 0.25) is 0 Å². The van der Waals surface area contributed by atoms with Crippen LogP contribution in [0.15, 0.2) is 30.5 Å². The molecule has 0 aliphatic heterocycles. The second kappa shape index (κ2) is 8.17. The number of anilines is 1. The first-order chi connectivity index (χ1) is 11.7. The number of nitrogens with one attached hydrogen (secondary N) is 3. The van der Waals surface area contributed by atoms with E-state index in [9.17, 15) is 4.79 Å². The number of aryl methyl sites for hydroxylation is 2. The van der Waals surface area contributed by atoms with Crippen molar-refractivity contribution in [3.05, 3.63) is 66.8 Å². The first-order valence-electron chi connectivity index (χ1n) is 7.76. The monoisotopic (exact) mass is 505 g/mol. The molecule has 0 spiro atoms. The van der Waals surface area contributed by atoms with Crippen LogP contribution in [0, 0.1) is 13.8 Å². The van der Waals surface area contributed by atoms with Gasteiger partial charge in [0.15, 0.2) is 5.69 Å². The normalized spacial score (nSPS) is 11.3. The molecule has 0 saturated carbocycles. The van der Waals surface area contributed by atoms with E-state index < -0.39 is 0 Å². The Hall–Kier alpha value is -2.33. The molecule has 2 heterocycles. The number of H-pyrrole nitrogens is 2. The Balaban J connectivity index is 0.000000726. The number of hydrogen-bond acceptors (Lipinski definition) is 3. The van der Waals surface area contributed by atoms with Crippen LogP contribution in [0.3, 0.4) is 0 Å². The largest absolute Gasteiger partial charge is 2.00 e. The first-order valence-corrected chi connectivity index (χ1v) is 7.76. The Bertz CT molecular complexity index is 851. The molecule has 4 rings (SSSR count). The maximum atomic E-state index is 12.5.